The first-order valence-electron chi connectivity index (χ1n) is 5.20. The highest BCUT2D eigenvalue weighted by molar-refractivity contribution is 6.17. The highest BCUT2D eigenvalue weighted by Crippen LogP contribution is 2.29. The Morgan fingerprint density at radius 2 is 1.89 bits per heavy atom. The van der Waals surface area contributed by atoms with E-state index in [9.17, 15) is 19.7 Å². The number of rotatable bonds is 2. The van der Waals surface area contributed by atoms with Gasteiger partial charge in [-0.2, -0.15) is 0 Å². The van der Waals surface area contributed by atoms with Gasteiger partial charge in [-0.05, 0) is 13.0 Å². The molecule has 0 atom stereocenters. The van der Waals surface area contributed by atoms with Crippen LogP contribution in [-0.2, 0) is 14.3 Å². The number of hydrogen-bond donors (Lipinski definition) is 0. The van der Waals surface area contributed by atoms with Crippen molar-refractivity contribution in [1.29, 1.82) is 0 Å². The number of morpholine rings is 1. The lowest BCUT2D eigenvalue weighted by Crippen LogP contribution is -2.46. The number of anilines is 1. The Hall–Kier alpha value is -2.28. The van der Waals surface area contributed by atoms with E-state index in [1.54, 1.807) is 0 Å². The molecule has 7 nitrogen and oxygen atoms in total. The van der Waals surface area contributed by atoms with Gasteiger partial charge in [-0.1, -0.05) is 6.07 Å². The lowest BCUT2D eigenvalue weighted by atomic mass is 10.1. The number of nitro groups is 1. The monoisotopic (exact) mass is 250 g/mol. The molecule has 18 heavy (non-hydrogen) atoms. The van der Waals surface area contributed by atoms with Crippen LogP contribution in [0.25, 0.3) is 0 Å². The van der Waals surface area contributed by atoms with Gasteiger partial charge in [-0.25, -0.2) is 4.90 Å². The van der Waals surface area contributed by atoms with Gasteiger partial charge in [0.2, 0.25) is 0 Å². The van der Waals surface area contributed by atoms with Gasteiger partial charge >= 0.3 is 0 Å². The van der Waals surface area contributed by atoms with E-state index in [0.29, 0.717) is 0 Å². The number of carbonyl (C=O) groups is 2. The van der Waals surface area contributed by atoms with Crippen molar-refractivity contribution < 1.29 is 19.2 Å². The van der Waals surface area contributed by atoms with Crippen molar-refractivity contribution in [3.63, 3.8) is 0 Å². The molecule has 1 aliphatic rings. The van der Waals surface area contributed by atoms with Crippen LogP contribution in [0.2, 0.25) is 0 Å². The van der Waals surface area contributed by atoms with Gasteiger partial charge in [0.15, 0.2) is 0 Å². The Bertz CT molecular complexity index is 524. The summed E-state index contributed by atoms with van der Waals surface area (Å²) < 4.78 is 4.79. The number of carbonyl (C=O) groups excluding carboxylic acids is 2. The fourth-order valence-corrected chi connectivity index (χ4v) is 1.81. The fourth-order valence-electron chi connectivity index (χ4n) is 1.81. The Kier molecular flexibility index (Phi) is 3.07. The molecule has 2 rings (SSSR count). The van der Waals surface area contributed by atoms with Crippen LogP contribution in [0.5, 0.6) is 0 Å². The third kappa shape index (κ3) is 1.95. The number of nitrogens with zero attached hydrogens (tertiary/aromatic N) is 2. The van der Waals surface area contributed by atoms with E-state index in [4.69, 9.17) is 4.74 Å². The SMILES string of the molecule is Cc1c(N2C(=O)COCC2=O)cccc1[N+](=O)[O-]. The number of benzene rings is 1. The lowest BCUT2D eigenvalue weighted by Gasteiger charge is -2.25. The van der Waals surface area contributed by atoms with Crippen LogP contribution in [0.1, 0.15) is 5.56 Å². The molecule has 94 valence electrons. The average Bonchev–Trinajstić information content (AvgIpc) is 2.30. The summed E-state index contributed by atoms with van der Waals surface area (Å²) in [6.07, 6.45) is 0. The van der Waals surface area contributed by atoms with Crippen LogP contribution in [0.4, 0.5) is 11.4 Å². The van der Waals surface area contributed by atoms with E-state index in [1.807, 2.05) is 0 Å². The van der Waals surface area contributed by atoms with Gasteiger partial charge in [0.25, 0.3) is 17.5 Å². The maximum absolute atomic E-state index is 11.6. The summed E-state index contributed by atoms with van der Waals surface area (Å²) in [6, 6.07) is 4.27. The number of amides is 2. The van der Waals surface area contributed by atoms with Crippen molar-refractivity contribution in [2.75, 3.05) is 18.1 Å². The van der Waals surface area contributed by atoms with Gasteiger partial charge in [-0.15, -0.1) is 0 Å². The maximum Gasteiger partial charge on any atom is 0.274 e. The first kappa shape index (κ1) is 12.2. The Balaban J connectivity index is 2.50. The average molecular weight is 250 g/mol. The van der Waals surface area contributed by atoms with Crippen molar-refractivity contribution in [2.45, 2.75) is 6.92 Å². The van der Waals surface area contributed by atoms with Gasteiger partial charge in [0, 0.05) is 6.07 Å². The Morgan fingerprint density at radius 3 is 2.44 bits per heavy atom. The first-order valence-corrected chi connectivity index (χ1v) is 5.20. The fraction of sp³-hybridized carbons (Fsp3) is 0.273. The topological polar surface area (TPSA) is 89.8 Å². The zero-order valence-corrected chi connectivity index (χ0v) is 9.58. The third-order valence-electron chi connectivity index (χ3n) is 2.66. The molecular formula is C11H10N2O5. The molecule has 2 amide bonds. The summed E-state index contributed by atoms with van der Waals surface area (Å²) in [5.74, 6) is -1.04. The minimum Gasteiger partial charge on any atom is -0.362 e. The van der Waals surface area contributed by atoms with E-state index >= 15 is 0 Å². The molecule has 0 spiro atoms. The molecule has 0 saturated carbocycles. The number of ether oxygens (including phenoxy) is 1. The molecule has 1 heterocycles. The van der Waals surface area contributed by atoms with Gasteiger partial charge < -0.3 is 4.74 Å². The molecular weight excluding hydrogens is 240 g/mol. The molecule has 1 aromatic rings. The molecule has 1 aromatic carbocycles. The highest BCUT2D eigenvalue weighted by Gasteiger charge is 2.30. The molecule has 0 unspecified atom stereocenters. The van der Waals surface area contributed by atoms with Gasteiger partial charge in [0.05, 0.1) is 16.2 Å². The van der Waals surface area contributed by atoms with Crippen LogP contribution in [0.15, 0.2) is 18.2 Å². The van der Waals surface area contributed by atoms with Crippen LogP contribution in [0.3, 0.4) is 0 Å². The van der Waals surface area contributed by atoms with Crippen molar-refractivity contribution in [3.8, 4) is 0 Å². The Labute approximate surface area is 102 Å². The van der Waals surface area contributed by atoms with Crippen LogP contribution in [0, 0.1) is 17.0 Å². The molecule has 7 heteroatoms. The molecule has 0 N–H and O–H groups in total. The van der Waals surface area contributed by atoms with Crippen LogP contribution < -0.4 is 4.90 Å². The molecule has 1 saturated heterocycles. The quantitative estimate of drug-likeness (QED) is 0.440. The van der Waals surface area contributed by atoms with Gasteiger partial charge in [-0.3, -0.25) is 19.7 Å². The lowest BCUT2D eigenvalue weighted by molar-refractivity contribution is -0.385. The molecule has 1 fully saturated rings. The van der Waals surface area contributed by atoms with Crippen molar-refractivity contribution in [2.24, 2.45) is 0 Å². The highest BCUT2D eigenvalue weighted by atomic mass is 16.6. The molecule has 0 aromatic heterocycles. The largest absolute Gasteiger partial charge is 0.362 e. The van der Waals surface area contributed by atoms with E-state index in [-0.39, 0.29) is 30.2 Å². The zero-order valence-electron chi connectivity index (χ0n) is 9.58. The summed E-state index contributed by atoms with van der Waals surface area (Å²) in [6.45, 7) is 1.10. The van der Waals surface area contributed by atoms with Gasteiger partial charge in [0.1, 0.15) is 13.2 Å². The minimum absolute atomic E-state index is 0.125. The number of nitro benzene ring substituents is 1. The molecule has 0 radical (unpaired) electrons. The second-order valence-electron chi connectivity index (χ2n) is 3.79. The number of hydrogen-bond acceptors (Lipinski definition) is 5. The van der Waals surface area contributed by atoms with E-state index in [2.05, 4.69) is 0 Å². The van der Waals surface area contributed by atoms with Crippen LogP contribution in [-0.4, -0.2) is 30.0 Å². The van der Waals surface area contributed by atoms with E-state index < -0.39 is 16.7 Å². The summed E-state index contributed by atoms with van der Waals surface area (Å²) in [4.78, 5) is 34.5. The normalized spacial score (nSPS) is 15.9. The minimum atomic E-state index is -0.547. The molecule has 0 bridgehead atoms. The summed E-state index contributed by atoms with van der Waals surface area (Å²) >= 11 is 0. The predicted molar refractivity (Wildman–Crippen MR) is 61.1 cm³/mol. The second-order valence-corrected chi connectivity index (χ2v) is 3.79. The smallest absolute Gasteiger partial charge is 0.274 e. The van der Waals surface area contributed by atoms with E-state index in [0.717, 1.165) is 4.90 Å². The summed E-state index contributed by atoms with van der Waals surface area (Å²) in [5.41, 5.74) is 0.396. The van der Waals surface area contributed by atoms with Crippen LogP contribution >= 0.6 is 0 Å². The second kappa shape index (κ2) is 4.53. The van der Waals surface area contributed by atoms with Crippen molar-refractivity contribution in [1.82, 2.24) is 0 Å². The first-order chi connectivity index (χ1) is 8.52. The molecule has 0 aliphatic carbocycles. The third-order valence-corrected chi connectivity index (χ3v) is 2.66. The zero-order chi connectivity index (χ0) is 13.3. The predicted octanol–water partition coefficient (Wildman–Crippen LogP) is 0.793. The standard InChI is InChI=1S/C11H10N2O5/c1-7-8(3-2-4-9(7)13(16)17)12-10(14)5-18-6-11(12)15/h2-4H,5-6H2,1H3. The Morgan fingerprint density at radius 1 is 1.28 bits per heavy atom. The number of imide groups is 1. The maximum atomic E-state index is 11.6. The van der Waals surface area contributed by atoms with E-state index in [1.165, 1.54) is 25.1 Å². The van der Waals surface area contributed by atoms with Crippen molar-refractivity contribution >= 4 is 23.2 Å². The van der Waals surface area contributed by atoms with Crippen molar-refractivity contribution in [3.05, 3.63) is 33.9 Å². The molecule has 1 aliphatic heterocycles. The summed E-state index contributed by atoms with van der Waals surface area (Å²) in [7, 11) is 0. The summed E-state index contributed by atoms with van der Waals surface area (Å²) in [5, 5.41) is 10.8.